The highest BCUT2D eigenvalue weighted by molar-refractivity contribution is 7.80. The van der Waals surface area contributed by atoms with E-state index >= 15 is 0 Å². The van der Waals surface area contributed by atoms with E-state index in [9.17, 15) is 15.3 Å². The van der Waals surface area contributed by atoms with Crippen LogP contribution in [0.3, 0.4) is 0 Å². The standard InChI is InChI=1S/C13H19N3O5S/c17-6-8-9(18)10(19)11(20)12(21-8)15-16-13(22)14-7-4-2-1-3-5-7/h1-5,8-12,15,17-20H,6H2,(H2,14,16,22)/t8-,9+,10-,11+,12-/m0/s1. The van der Waals surface area contributed by atoms with Crippen LogP contribution in [0.2, 0.25) is 0 Å². The van der Waals surface area contributed by atoms with Crippen LogP contribution >= 0.6 is 12.2 Å². The van der Waals surface area contributed by atoms with Gasteiger partial charge < -0.3 is 30.5 Å². The maximum atomic E-state index is 9.84. The Bertz CT molecular complexity index is 490. The molecule has 1 fully saturated rings. The zero-order valence-electron chi connectivity index (χ0n) is 11.6. The largest absolute Gasteiger partial charge is 0.394 e. The van der Waals surface area contributed by atoms with Gasteiger partial charge in [0.05, 0.1) is 6.61 Å². The second-order valence-corrected chi connectivity index (χ2v) is 5.25. The summed E-state index contributed by atoms with van der Waals surface area (Å²) in [5.74, 6) is 0. The summed E-state index contributed by atoms with van der Waals surface area (Å²) >= 11 is 5.07. The van der Waals surface area contributed by atoms with E-state index in [0.717, 1.165) is 5.69 Å². The molecule has 0 unspecified atom stereocenters. The van der Waals surface area contributed by atoms with Crippen LogP contribution < -0.4 is 16.2 Å². The van der Waals surface area contributed by atoms with Gasteiger partial charge in [0, 0.05) is 5.69 Å². The maximum absolute atomic E-state index is 9.84. The maximum Gasteiger partial charge on any atom is 0.185 e. The average Bonchev–Trinajstić information content (AvgIpc) is 2.53. The summed E-state index contributed by atoms with van der Waals surface area (Å²) in [6, 6.07) is 9.20. The van der Waals surface area contributed by atoms with Crippen LogP contribution in [0.4, 0.5) is 5.69 Å². The number of rotatable bonds is 4. The number of ether oxygens (including phenoxy) is 1. The molecule has 0 aliphatic carbocycles. The van der Waals surface area contributed by atoms with E-state index in [0.29, 0.717) is 0 Å². The summed E-state index contributed by atoms with van der Waals surface area (Å²) in [5, 5.41) is 41.4. The lowest BCUT2D eigenvalue weighted by atomic mass is 9.99. The molecule has 0 bridgehead atoms. The Morgan fingerprint density at radius 2 is 1.77 bits per heavy atom. The molecule has 0 saturated carbocycles. The number of anilines is 1. The van der Waals surface area contributed by atoms with E-state index in [4.69, 9.17) is 22.1 Å². The molecule has 1 saturated heterocycles. The molecule has 5 atom stereocenters. The smallest absolute Gasteiger partial charge is 0.185 e. The molecule has 1 aliphatic rings. The number of thiocarbonyl (C=S) groups is 1. The normalized spacial score (nSPS) is 31.5. The Balaban J connectivity index is 1.86. The van der Waals surface area contributed by atoms with Crippen molar-refractivity contribution >= 4 is 23.0 Å². The molecule has 1 heterocycles. The molecule has 0 spiro atoms. The van der Waals surface area contributed by atoms with Crippen LogP contribution in [0.1, 0.15) is 0 Å². The van der Waals surface area contributed by atoms with Crippen molar-refractivity contribution in [3.05, 3.63) is 30.3 Å². The van der Waals surface area contributed by atoms with Crippen molar-refractivity contribution in [1.29, 1.82) is 0 Å². The number of hydrogen-bond acceptors (Lipinski definition) is 7. The molecule has 2 rings (SSSR count). The Labute approximate surface area is 132 Å². The summed E-state index contributed by atoms with van der Waals surface area (Å²) in [6.45, 7) is -0.490. The SMILES string of the molecule is OC[C@@H]1O[C@H](NNC(=S)Nc2ccccc2)[C@H](O)[C@@H](O)[C@@H]1O. The van der Waals surface area contributed by atoms with Gasteiger partial charge in [0.25, 0.3) is 0 Å². The van der Waals surface area contributed by atoms with Gasteiger partial charge in [-0.2, -0.15) is 0 Å². The van der Waals surface area contributed by atoms with Crippen LogP contribution in [-0.4, -0.2) is 62.8 Å². The molecule has 22 heavy (non-hydrogen) atoms. The Kier molecular flexibility index (Phi) is 6.03. The van der Waals surface area contributed by atoms with E-state index in [1.54, 1.807) is 0 Å². The zero-order valence-corrected chi connectivity index (χ0v) is 12.4. The van der Waals surface area contributed by atoms with Gasteiger partial charge in [-0.1, -0.05) is 18.2 Å². The molecular weight excluding hydrogens is 310 g/mol. The van der Waals surface area contributed by atoms with Crippen LogP contribution in [-0.2, 0) is 4.74 Å². The van der Waals surface area contributed by atoms with Crippen molar-refractivity contribution in [1.82, 2.24) is 10.9 Å². The topological polar surface area (TPSA) is 126 Å². The second-order valence-electron chi connectivity index (χ2n) is 4.84. The summed E-state index contributed by atoms with van der Waals surface area (Å²) < 4.78 is 5.26. The van der Waals surface area contributed by atoms with Crippen molar-refractivity contribution in [2.45, 2.75) is 30.6 Å². The predicted octanol–water partition coefficient (Wildman–Crippen LogP) is -1.72. The molecule has 0 aromatic heterocycles. The summed E-state index contributed by atoms with van der Waals surface area (Å²) in [6.07, 6.45) is -6.25. The summed E-state index contributed by atoms with van der Waals surface area (Å²) in [4.78, 5) is 0. The van der Waals surface area contributed by atoms with Gasteiger partial charge in [0.15, 0.2) is 11.3 Å². The van der Waals surface area contributed by atoms with Gasteiger partial charge in [0.2, 0.25) is 0 Å². The molecule has 8 nitrogen and oxygen atoms in total. The van der Waals surface area contributed by atoms with Gasteiger partial charge in [-0.25, -0.2) is 5.43 Å². The molecular formula is C13H19N3O5S. The predicted molar refractivity (Wildman–Crippen MR) is 82.7 cm³/mol. The van der Waals surface area contributed by atoms with Crippen molar-refractivity contribution in [2.24, 2.45) is 0 Å². The van der Waals surface area contributed by atoms with Crippen molar-refractivity contribution in [3.8, 4) is 0 Å². The molecule has 1 aromatic carbocycles. The fourth-order valence-corrected chi connectivity index (χ4v) is 2.22. The molecule has 0 radical (unpaired) electrons. The fourth-order valence-electron chi connectivity index (χ4n) is 2.04. The number of hydrogen-bond donors (Lipinski definition) is 7. The molecule has 122 valence electrons. The van der Waals surface area contributed by atoms with Gasteiger partial charge in [0.1, 0.15) is 24.4 Å². The first-order valence-electron chi connectivity index (χ1n) is 6.71. The number of nitrogens with one attached hydrogen (secondary N) is 3. The van der Waals surface area contributed by atoms with E-state index in [1.165, 1.54) is 0 Å². The third-order valence-electron chi connectivity index (χ3n) is 3.25. The van der Waals surface area contributed by atoms with Crippen molar-refractivity contribution in [3.63, 3.8) is 0 Å². The first-order chi connectivity index (χ1) is 10.5. The average molecular weight is 329 g/mol. The zero-order chi connectivity index (χ0) is 16.1. The first kappa shape index (κ1) is 17.0. The minimum atomic E-state index is -1.44. The fraction of sp³-hybridized carbons (Fsp3) is 0.462. The molecule has 1 aromatic rings. The number of aliphatic hydroxyl groups is 4. The quantitative estimate of drug-likeness (QED) is 0.255. The third-order valence-corrected chi connectivity index (χ3v) is 3.46. The van der Waals surface area contributed by atoms with Crippen LogP contribution in [0, 0.1) is 0 Å². The minimum absolute atomic E-state index is 0.225. The van der Waals surface area contributed by atoms with Crippen LogP contribution in [0.5, 0.6) is 0 Å². The highest BCUT2D eigenvalue weighted by Gasteiger charge is 2.43. The summed E-state index contributed by atoms with van der Waals surface area (Å²) in [7, 11) is 0. The molecule has 0 amide bonds. The van der Waals surface area contributed by atoms with Crippen molar-refractivity contribution in [2.75, 3.05) is 11.9 Å². The van der Waals surface area contributed by atoms with Crippen molar-refractivity contribution < 1.29 is 25.2 Å². The van der Waals surface area contributed by atoms with E-state index in [-0.39, 0.29) is 5.11 Å². The second kappa shape index (κ2) is 7.79. The highest BCUT2D eigenvalue weighted by Crippen LogP contribution is 2.19. The number of hydrazine groups is 1. The number of benzene rings is 1. The lowest BCUT2D eigenvalue weighted by Gasteiger charge is -2.40. The minimum Gasteiger partial charge on any atom is -0.394 e. The van der Waals surface area contributed by atoms with E-state index in [1.807, 2.05) is 30.3 Å². The Hall–Kier alpha value is -1.33. The number of aliphatic hydroxyl groups excluding tert-OH is 4. The molecule has 9 heteroatoms. The lowest BCUT2D eigenvalue weighted by molar-refractivity contribution is -0.238. The van der Waals surface area contributed by atoms with E-state index in [2.05, 4.69) is 16.2 Å². The molecule has 7 N–H and O–H groups in total. The van der Waals surface area contributed by atoms with Crippen LogP contribution in [0.25, 0.3) is 0 Å². The van der Waals surface area contributed by atoms with E-state index < -0.39 is 37.3 Å². The first-order valence-corrected chi connectivity index (χ1v) is 7.12. The van der Waals surface area contributed by atoms with Gasteiger partial charge in [-0.15, -0.1) is 0 Å². The monoisotopic (exact) mass is 329 g/mol. The third kappa shape index (κ3) is 4.11. The highest BCUT2D eigenvalue weighted by atomic mass is 32.1. The Morgan fingerprint density at radius 3 is 2.41 bits per heavy atom. The lowest BCUT2D eigenvalue weighted by Crippen LogP contribution is -2.65. The van der Waals surface area contributed by atoms with Gasteiger partial charge >= 0.3 is 0 Å². The van der Waals surface area contributed by atoms with Gasteiger partial charge in [-0.05, 0) is 24.4 Å². The van der Waals surface area contributed by atoms with Crippen LogP contribution in [0.15, 0.2) is 30.3 Å². The van der Waals surface area contributed by atoms with Gasteiger partial charge in [-0.3, -0.25) is 5.43 Å². The molecule has 1 aliphatic heterocycles. The number of para-hydroxylation sites is 1. The Morgan fingerprint density at radius 1 is 1.09 bits per heavy atom. The summed E-state index contributed by atoms with van der Waals surface area (Å²) in [5.41, 5.74) is 5.99.